The zero-order valence-corrected chi connectivity index (χ0v) is 12.5. The van der Waals surface area contributed by atoms with Gasteiger partial charge in [-0.3, -0.25) is 0 Å². The zero-order chi connectivity index (χ0) is 14.7. The van der Waals surface area contributed by atoms with Crippen LogP contribution in [-0.2, 0) is 4.79 Å². The Hall–Kier alpha value is -1.55. The summed E-state index contributed by atoms with van der Waals surface area (Å²) < 4.78 is 0. The third-order valence-corrected chi connectivity index (χ3v) is 4.11. The van der Waals surface area contributed by atoms with Crippen molar-refractivity contribution in [3.8, 4) is 0 Å². The molecule has 1 aliphatic carbocycles. The van der Waals surface area contributed by atoms with Gasteiger partial charge in [-0.2, -0.15) is 0 Å². The predicted molar refractivity (Wildman–Crippen MR) is 81.1 cm³/mol. The van der Waals surface area contributed by atoms with E-state index in [1.165, 1.54) is 18.9 Å². The van der Waals surface area contributed by atoms with Gasteiger partial charge in [-0.1, -0.05) is 24.4 Å². The summed E-state index contributed by atoms with van der Waals surface area (Å²) in [4.78, 5) is 15.0. The van der Waals surface area contributed by atoms with Gasteiger partial charge in [0, 0.05) is 35.1 Å². The SMILES string of the molecule is C/C(=C\C(=O)O)c1cnc(Cl)c(C)c1NC1CCCC1. The molecule has 20 heavy (non-hydrogen) atoms. The normalized spacial score (nSPS) is 16.4. The molecule has 1 aromatic heterocycles. The van der Waals surface area contributed by atoms with Gasteiger partial charge in [-0.05, 0) is 32.3 Å². The molecule has 0 bridgehead atoms. The molecule has 0 aromatic carbocycles. The van der Waals surface area contributed by atoms with E-state index in [0.29, 0.717) is 16.8 Å². The highest BCUT2D eigenvalue weighted by Crippen LogP contribution is 2.33. The number of halogens is 1. The maximum atomic E-state index is 10.8. The fraction of sp³-hybridized carbons (Fsp3) is 0.467. The average molecular weight is 295 g/mol. The number of hydrogen-bond acceptors (Lipinski definition) is 3. The lowest BCUT2D eigenvalue weighted by atomic mass is 10.0. The topological polar surface area (TPSA) is 62.2 Å². The van der Waals surface area contributed by atoms with Gasteiger partial charge in [-0.15, -0.1) is 0 Å². The summed E-state index contributed by atoms with van der Waals surface area (Å²) >= 11 is 6.09. The summed E-state index contributed by atoms with van der Waals surface area (Å²) in [6.07, 6.45) is 7.58. The van der Waals surface area contributed by atoms with E-state index in [4.69, 9.17) is 16.7 Å². The van der Waals surface area contributed by atoms with E-state index in [1.54, 1.807) is 13.1 Å². The first-order chi connectivity index (χ1) is 9.49. The van der Waals surface area contributed by atoms with Gasteiger partial charge < -0.3 is 10.4 Å². The van der Waals surface area contributed by atoms with Crippen LogP contribution in [0.1, 0.15) is 43.7 Å². The molecule has 1 saturated carbocycles. The number of carbonyl (C=O) groups is 1. The van der Waals surface area contributed by atoms with Crippen molar-refractivity contribution >= 4 is 28.8 Å². The molecule has 1 aromatic rings. The molecule has 0 saturated heterocycles. The van der Waals surface area contributed by atoms with E-state index >= 15 is 0 Å². The number of anilines is 1. The minimum atomic E-state index is -0.957. The number of aromatic nitrogens is 1. The molecule has 0 aliphatic heterocycles. The fourth-order valence-electron chi connectivity index (χ4n) is 2.61. The highest BCUT2D eigenvalue weighted by Gasteiger charge is 2.19. The first-order valence-corrected chi connectivity index (χ1v) is 7.20. The Balaban J connectivity index is 2.40. The molecule has 0 atom stereocenters. The average Bonchev–Trinajstić information content (AvgIpc) is 2.87. The van der Waals surface area contributed by atoms with Crippen molar-refractivity contribution < 1.29 is 9.90 Å². The number of carboxylic acid groups (broad SMARTS) is 1. The molecule has 0 radical (unpaired) electrons. The third kappa shape index (κ3) is 3.31. The van der Waals surface area contributed by atoms with E-state index in [-0.39, 0.29) is 0 Å². The third-order valence-electron chi connectivity index (χ3n) is 3.73. The number of allylic oxidation sites excluding steroid dienone is 1. The van der Waals surface area contributed by atoms with Crippen LogP contribution >= 0.6 is 11.6 Å². The molecule has 4 nitrogen and oxygen atoms in total. The van der Waals surface area contributed by atoms with Crippen LogP contribution in [0.15, 0.2) is 12.3 Å². The molecule has 5 heteroatoms. The van der Waals surface area contributed by atoms with Crippen molar-refractivity contribution in [3.63, 3.8) is 0 Å². The Morgan fingerprint density at radius 2 is 2.15 bits per heavy atom. The Kier molecular flexibility index (Phi) is 4.65. The molecule has 108 valence electrons. The minimum Gasteiger partial charge on any atom is -0.478 e. The summed E-state index contributed by atoms with van der Waals surface area (Å²) in [6, 6.07) is 0.434. The standard InChI is InChI=1S/C15H19ClN2O2/c1-9(7-13(19)20)12-8-17-15(16)10(2)14(12)18-11-5-3-4-6-11/h7-8,11H,3-6H2,1-2H3,(H,17,18)(H,19,20)/b9-7+. The van der Waals surface area contributed by atoms with Gasteiger partial charge in [0.05, 0.1) is 0 Å². The van der Waals surface area contributed by atoms with Crippen molar-refractivity contribution in [2.45, 2.75) is 45.6 Å². The highest BCUT2D eigenvalue weighted by molar-refractivity contribution is 6.30. The molecule has 0 amide bonds. The smallest absolute Gasteiger partial charge is 0.328 e. The van der Waals surface area contributed by atoms with E-state index in [9.17, 15) is 4.79 Å². The molecule has 0 spiro atoms. The first kappa shape index (κ1) is 14.9. The van der Waals surface area contributed by atoms with E-state index in [2.05, 4.69) is 10.3 Å². The van der Waals surface area contributed by atoms with E-state index < -0.39 is 5.97 Å². The van der Waals surface area contributed by atoms with Gasteiger partial charge in [-0.25, -0.2) is 9.78 Å². The van der Waals surface area contributed by atoms with Crippen LogP contribution in [0.4, 0.5) is 5.69 Å². The van der Waals surface area contributed by atoms with Crippen LogP contribution in [0.2, 0.25) is 5.15 Å². The van der Waals surface area contributed by atoms with Crippen molar-refractivity contribution in [3.05, 3.63) is 28.6 Å². The van der Waals surface area contributed by atoms with Crippen molar-refractivity contribution in [2.75, 3.05) is 5.32 Å². The highest BCUT2D eigenvalue weighted by atomic mass is 35.5. The molecule has 1 heterocycles. The van der Waals surface area contributed by atoms with Gasteiger partial charge in [0.25, 0.3) is 0 Å². The van der Waals surface area contributed by atoms with Gasteiger partial charge in [0.1, 0.15) is 5.15 Å². The van der Waals surface area contributed by atoms with Crippen LogP contribution in [0.5, 0.6) is 0 Å². The first-order valence-electron chi connectivity index (χ1n) is 6.82. The van der Waals surface area contributed by atoms with Crippen LogP contribution in [0, 0.1) is 6.92 Å². The zero-order valence-electron chi connectivity index (χ0n) is 11.7. The number of hydrogen-bond donors (Lipinski definition) is 2. The molecular weight excluding hydrogens is 276 g/mol. The quantitative estimate of drug-likeness (QED) is 0.653. The monoisotopic (exact) mass is 294 g/mol. The predicted octanol–water partition coefficient (Wildman–Crippen LogP) is 3.89. The lowest BCUT2D eigenvalue weighted by Crippen LogP contribution is -2.17. The lowest BCUT2D eigenvalue weighted by molar-refractivity contribution is -0.131. The summed E-state index contributed by atoms with van der Waals surface area (Å²) in [5, 5.41) is 12.9. The summed E-state index contributed by atoms with van der Waals surface area (Å²) in [7, 11) is 0. The molecule has 1 aliphatic rings. The number of aliphatic carboxylic acids is 1. The maximum Gasteiger partial charge on any atom is 0.328 e. The molecule has 0 unspecified atom stereocenters. The van der Waals surface area contributed by atoms with Gasteiger partial charge in [0.2, 0.25) is 0 Å². The Morgan fingerprint density at radius 3 is 2.75 bits per heavy atom. The second kappa shape index (κ2) is 6.27. The molecule has 1 fully saturated rings. The summed E-state index contributed by atoms with van der Waals surface area (Å²) in [5.41, 5.74) is 3.26. The Labute approximate surface area is 123 Å². The number of nitrogens with one attached hydrogen (secondary N) is 1. The molecule has 2 rings (SSSR count). The number of carboxylic acids is 1. The summed E-state index contributed by atoms with van der Waals surface area (Å²) in [5.74, 6) is -0.957. The van der Waals surface area contributed by atoms with Crippen molar-refractivity contribution in [1.82, 2.24) is 4.98 Å². The van der Waals surface area contributed by atoms with Gasteiger partial charge in [0.15, 0.2) is 0 Å². The van der Waals surface area contributed by atoms with Crippen LogP contribution in [-0.4, -0.2) is 22.1 Å². The number of pyridine rings is 1. The minimum absolute atomic E-state index is 0.434. The lowest BCUT2D eigenvalue weighted by Gasteiger charge is -2.20. The van der Waals surface area contributed by atoms with Gasteiger partial charge >= 0.3 is 5.97 Å². The van der Waals surface area contributed by atoms with Crippen molar-refractivity contribution in [1.29, 1.82) is 0 Å². The summed E-state index contributed by atoms with van der Waals surface area (Å²) in [6.45, 7) is 3.68. The molecular formula is C15H19ClN2O2. The largest absolute Gasteiger partial charge is 0.478 e. The van der Waals surface area contributed by atoms with E-state index in [0.717, 1.165) is 29.7 Å². The number of nitrogens with zero attached hydrogens (tertiary/aromatic N) is 1. The van der Waals surface area contributed by atoms with Crippen molar-refractivity contribution in [2.24, 2.45) is 0 Å². The Bertz CT molecular complexity index is 549. The number of rotatable bonds is 4. The molecule has 2 N–H and O–H groups in total. The van der Waals surface area contributed by atoms with E-state index in [1.807, 2.05) is 6.92 Å². The second-order valence-corrected chi connectivity index (χ2v) is 5.61. The fourth-order valence-corrected chi connectivity index (χ4v) is 2.75. The van der Waals surface area contributed by atoms with Crippen LogP contribution < -0.4 is 5.32 Å². The van der Waals surface area contributed by atoms with Crippen LogP contribution in [0.3, 0.4) is 0 Å². The Morgan fingerprint density at radius 1 is 1.50 bits per heavy atom. The second-order valence-electron chi connectivity index (χ2n) is 5.25. The maximum absolute atomic E-state index is 10.8. The van der Waals surface area contributed by atoms with Crippen LogP contribution in [0.25, 0.3) is 5.57 Å².